The van der Waals surface area contributed by atoms with Gasteiger partial charge in [-0.1, -0.05) is 41.4 Å². The van der Waals surface area contributed by atoms with Crippen molar-refractivity contribution in [2.75, 3.05) is 12.4 Å². The first-order valence-corrected chi connectivity index (χ1v) is 7.98. The molecule has 1 saturated carbocycles. The van der Waals surface area contributed by atoms with Crippen molar-refractivity contribution in [2.24, 2.45) is 0 Å². The summed E-state index contributed by atoms with van der Waals surface area (Å²) in [4.78, 5) is 20.6. The summed E-state index contributed by atoms with van der Waals surface area (Å²) < 4.78 is 4.75. The van der Waals surface area contributed by atoms with E-state index >= 15 is 0 Å². The predicted molar refractivity (Wildman–Crippen MR) is 89.1 cm³/mol. The van der Waals surface area contributed by atoms with Crippen molar-refractivity contribution in [3.63, 3.8) is 0 Å². The van der Waals surface area contributed by atoms with Gasteiger partial charge in [0.15, 0.2) is 5.69 Å². The Morgan fingerprint density at radius 3 is 2.70 bits per heavy atom. The highest BCUT2D eigenvalue weighted by Crippen LogP contribution is 2.39. The van der Waals surface area contributed by atoms with Gasteiger partial charge in [0.25, 0.3) is 0 Å². The monoisotopic (exact) mass is 351 g/mol. The first-order valence-electron chi connectivity index (χ1n) is 7.23. The Hall–Kier alpha value is -1.85. The van der Waals surface area contributed by atoms with Crippen LogP contribution in [0.5, 0.6) is 0 Å². The molecule has 0 unspecified atom stereocenters. The number of rotatable bonds is 5. The van der Waals surface area contributed by atoms with Crippen molar-refractivity contribution < 1.29 is 9.53 Å². The van der Waals surface area contributed by atoms with Crippen molar-refractivity contribution in [1.82, 2.24) is 9.97 Å². The fourth-order valence-corrected chi connectivity index (χ4v) is 2.59. The topological polar surface area (TPSA) is 64.1 Å². The van der Waals surface area contributed by atoms with Crippen LogP contribution in [0.1, 0.15) is 40.6 Å². The number of nitrogens with one attached hydrogen (secondary N) is 1. The zero-order valence-electron chi connectivity index (χ0n) is 12.5. The highest BCUT2D eigenvalue weighted by atomic mass is 35.5. The Kier molecular flexibility index (Phi) is 4.68. The molecule has 0 saturated heterocycles. The van der Waals surface area contributed by atoms with Gasteiger partial charge in [0.1, 0.15) is 16.7 Å². The van der Waals surface area contributed by atoms with E-state index in [-0.39, 0.29) is 16.6 Å². The van der Waals surface area contributed by atoms with Gasteiger partial charge in [-0.05, 0) is 24.5 Å². The third-order valence-electron chi connectivity index (χ3n) is 3.59. The number of hydrogen-bond donors (Lipinski definition) is 1. The van der Waals surface area contributed by atoms with Crippen LogP contribution in [0.2, 0.25) is 10.0 Å². The highest BCUT2D eigenvalue weighted by Gasteiger charge is 2.30. The van der Waals surface area contributed by atoms with Crippen molar-refractivity contribution in [3.8, 4) is 0 Å². The zero-order chi connectivity index (χ0) is 16.4. The summed E-state index contributed by atoms with van der Waals surface area (Å²) in [5.74, 6) is 0.761. The molecule has 3 rings (SSSR count). The molecule has 23 heavy (non-hydrogen) atoms. The molecule has 1 aromatic carbocycles. The van der Waals surface area contributed by atoms with Crippen LogP contribution in [0.15, 0.2) is 24.3 Å². The van der Waals surface area contributed by atoms with Gasteiger partial charge in [-0.25, -0.2) is 14.8 Å². The fourth-order valence-electron chi connectivity index (χ4n) is 2.16. The molecule has 0 bridgehead atoms. The Balaban J connectivity index is 1.89. The number of halogens is 2. The van der Waals surface area contributed by atoms with Crippen LogP contribution in [0.3, 0.4) is 0 Å². The van der Waals surface area contributed by atoms with E-state index < -0.39 is 5.97 Å². The second-order valence-corrected chi connectivity index (χ2v) is 6.09. The number of carbonyl (C=O) groups is 1. The zero-order valence-corrected chi connectivity index (χ0v) is 14.0. The van der Waals surface area contributed by atoms with Crippen LogP contribution in [0, 0.1) is 0 Å². The van der Waals surface area contributed by atoms with Gasteiger partial charge in [0.05, 0.1) is 7.11 Å². The van der Waals surface area contributed by atoms with Crippen molar-refractivity contribution in [2.45, 2.75) is 25.3 Å². The lowest BCUT2D eigenvalue weighted by molar-refractivity contribution is 0.0593. The summed E-state index contributed by atoms with van der Waals surface area (Å²) in [7, 11) is 1.30. The maximum atomic E-state index is 11.9. The molecule has 1 N–H and O–H groups in total. The molecular formula is C16H15Cl2N3O2. The molecule has 1 aliphatic rings. The smallest absolute Gasteiger partial charge is 0.358 e. The SMILES string of the molecule is COC(=O)c1nc(C2CC2)nc(NCc2ccccc2Cl)c1Cl. The molecule has 0 radical (unpaired) electrons. The predicted octanol–water partition coefficient (Wildman–Crippen LogP) is 4.06. The molecule has 5 nitrogen and oxygen atoms in total. The number of nitrogens with zero attached hydrogens (tertiary/aromatic N) is 2. The number of anilines is 1. The summed E-state index contributed by atoms with van der Waals surface area (Å²) in [5.41, 5.74) is 1.00. The molecule has 1 aliphatic carbocycles. The van der Waals surface area contributed by atoms with Gasteiger partial charge < -0.3 is 10.1 Å². The van der Waals surface area contributed by atoms with E-state index in [2.05, 4.69) is 15.3 Å². The average molecular weight is 352 g/mol. The van der Waals surface area contributed by atoms with Crippen molar-refractivity contribution in [3.05, 3.63) is 51.4 Å². The summed E-state index contributed by atoms with van der Waals surface area (Å²) in [6, 6.07) is 7.49. The lowest BCUT2D eigenvalue weighted by Gasteiger charge is -2.12. The minimum Gasteiger partial charge on any atom is -0.464 e. The summed E-state index contributed by atoms with van der Waals surface area (Å²) in [6.45, 7) is 0.446. The number of benzene rings is 1. The van der Waals surface area contributed by atoms with E-state index in [1.54, 1.807) is 0 Å². The molecule has 0 spiro atoms. The summed E-state index contributed by atoms with van der Waals surface area (Å²) >= 11 is 12.4. The molecular weight excluding hydrogens is 337 g/mol. The third kappa shape index (κ3) is 3.57. The maximum Gasteiger partial charge on any atom is 0.358 e. The van der Waals surface area contributed by atoms with E-state index in [1.165, 1.54) is 7.11 Å². The maximum absolute atomic E-state index is 11.9. The average Bonchev–Trinajstić information content (AvgIpc) is 3.39. The Labute approximate surface area is 144 Å². The largest absolute Gasteiger partial charge is 0.464 e. The second-order valence-electron chi connectivity index (χ2n) is 5.30. The lowest BCUT2D eigenvalue weighted by Crippen LogP contribution is -2.12. The van der Waals surface area contributed by atoms with Gasteiger partial charge in [-0.15, -0.1) is 0 Å². The van der Waals surface area contributed by atoms with E-state index in [9.17, 15) is 4.79 Å². The molecule has 1 aromatic heterocycles. The molecule has 0 atom stereocenters. The van der Waals surface area contributed by atoms with Gasteiger partial charge in [0.2, 0.25) is 0 Å². The van der Waals surface area contributed by atoms with Gasteiger partial charge >= 0.3 is 5.97 Å². The Bertz CT molecular complexity index is 748. The highest BCUT2D eigenvalue weighted by molar-refractivity contribution is 6.35. The standard InChI is InChI=1S/C16H15Cl2N3O2/c1-23-16(22)13-12(18)15(21-14(20-13)9-6-7-9)19-8-10-4-2-3-5-11(10)17/h2-5,9H,6-8H2,1H3,(H,19,20,21). The molecule has 120 valence electrons. The van der Waals surface area contributed by atoms with Crippen molar-refractivity contribution >= 4 is 35.0 Å². The third-order valence-corrected chi connectivity index (χ3v) is 4.32. The lowest BCUT2D eigenvalue weighted by atomic mass is 10.2. The molecule has 0 amide bonds. The minimum absolute atomic E-state index is 0.0905. The quantitative estimate of drug-likeness (QED) is 0.822. The van der Waals surface area contributed by atoms with E-state index in [1.807, 2.05) is 24.3 Å². The van der Waals surface area contributed by atoms with Gasteiger partial charge in [-0.3, -0.25) is 0 Å². The molecule has 7 heteroatoms. The Morgan fingerprint density at radius 1 is 1.30 bits per heavy atom. The molecule has 0 aliphatic heterocycles. The number of ether oxygens (including phenoxy) is 1. The van der Waals surface area contributed by atoms with Gasteiger partial charge in [0, 0.05) is 17.5 Å². The van der Waals surface area contributed by atoms with Gasteiger partial charge in [-0.2, -0.15) is 0 Å². The van der Waals surface area contributed by atoms with E-state index in [4.69, 9.17) is 27.9 Å². The van der Waals surface area contributed by atoms with E-state index in [0.717, 1.165) is 18.4 Å². The van der Waals surface area contributed by atoms with Crippen LogP contribution in [0.4, 0.5) is 5.82 Å². The van der Waals surface area contributed by atoms with E-state index in [0.29, 0.717) is 23.2 Å². The van der Waals surface area contributed by atoms with Crippen LogP contribution in [-0.2, 0) is 11.3 Å². The van der Waals surface area contributed by atoms with Crippen LogP contribution in [-0.4, -0.2) is 23.0 Å². The van der Waals surface area contributed by atoms with Crippen LogP contribution in [0.25, 0.3) is 0 Å². The normalized spacial score (nSPS) is 13.7. The number of esters is 1. The van der Waals surface area contributed by atoms with Crippen molar-refractivity contribution in [1.29, 1.82) is 0 Å². The van der Waals surface area contributed by atoms with Crippen LogP contribution >= 0.6 is 23.2 Å². The second kappa shape index (κ2) is 6.72. The number of aromatic nitrogens is 2. The number of hydrogen-bond acceptors (Lipinski definition) is 5. The molecule has 2 aromatic rings. The molecule has 1 heterocycles. The first kappa shape index (κ1) is 16.0. The summed E-state index contributed by atoms with van der Waals surface area (Å²) in [5, 5.41) is 3.95. The minimum atomic E-state index is -0.569. The van der Waals surface area contributed by atoms with Crippen LogP contribution < -0.4 is 5.32 Å². The first-order chi connectivity index (χ1) is 11.1. The number of carbonyl (C=O) groups excluding carboxylic acids is 1. The Morgan fingerprint density at radius 2 is 2.04 bits per heavy atom. The molecule has 1 fully saturated rings. The summed E-state index contributed by atoms with van der Waals surface area (Å²) in [6.07, 6.45) is 2.04. The number of methoxy groups -OCH3 is 1. The fraction of sp³-hybridized carbons (Fsp3) is 0.312.